The van der Waals surface area contributed by atoms with Crippen LogP contribution in [-0.2, 0) is 18.4 Å². The Balaban J connectivity index is 1.70. The molecule has 1 aliphatic heterocycles. The molecule has 5 nitrogen and oxygen atoms in total. The first-order chi connectivity index (χ1) is 6.86. The van der Waals surface area contributed by atoms with Crippen LogP contribution in [0, 0.1) is 5.92 Å². The fourth-order valence-corrected chi connectivity index (χ4v) is 1.61. The molecule has 2 rings (SSSR count). The number of aromatic nitrogens is 3. The second-order valence-electron chi connectivity index (χ2n) is 3.73. The Hall–Kier alpha value is -0.940. The molecule has 78 valence electrons. The Morgan fingerprint density at radius 3 is 3.29 bits per heavy atom. The van der Waals surface area contributed by atoms with Gasteiger partial charge in [-0.1, -0.05) is 0 Å². The molecule has 1 N–H and O–H groups in total. The van der Waals surface area contributed by atoms with Crippen molar-refractivity contribution in [1.82, 2.24) is 20.1 Å². The molecule has 1 atom stereocenters. The highest BCUT2D eigenvalue weighted by atomic mass is 16.5. The van der Waals surface area contributed by atoms with Crippen molar-refractivity contribution in [3.05, 3.63) is 12.2 Å². The average Bonchev–Trinajstić information content (AvgIpc) is 2.78. The van der Waals surface area contributed by atoms with E-state index >= 15 is 0 Å². The van der Waals surface area contributed by atoms with Crippen LogP contribution in [0.25, 0.3) is 0 Å². The van der Waals surface area contributed by atoms with Gasteiger partial charge in [0.1, 0.15) is 12.9 Å². The minimum absolute atomic E-state index is 0.562. The van der Waals surface area contributed by atoms with Crippen LogP contribution in [0.3, 0.4) is 0 Å². The van der Waals surface area contributed by atoms with E-state index in [9.17, 15) is 0 Å². The lowest BCUT2D eigenvalue weighted by atomic mass is 10.1. The van der Waals surface area contributed by atoms with Crippen molar-refractivity contribution < 1.29 is 4.74 Å². The molecule has 1 aromatic rings. The maximum Gasteiger partial charge on any atom is 0.158 e. The maximum absolute atomic E-state index is 5.58. The zero-order chi connectivity index (χ0) is 9.80. The van der Waals surface area contributed by atoms with Gasteiger partial charge in [0.15, 0.2) is 5.82 Å². The quantitative estimate of drug-likeness (QED) is 0.733. The summed E-state index contributed by atoms with van der Waals surface area (Å²) in [5.41, 5.74) is 0. The highest BCUT2D eigenvalue weighted by Gasteiger charge is 2.14. The fraction of sp³-hybridized carbons (Fsp3) is 0.778. The van der Waals surface area contributed by atoms with Crippen molar-refractivity contribution >= 4 is 0 Å². The molecule has 0 bridgehead atoms. The number of aryl methyl sites for hydroxylation is 1. The lowest BCUT2D eigenvalue weighted by Crippen LogP contribution is -2.14. The molecule has 14 heavy (non-hydrogen) atoms. The number of rotatable bonds is 4. The van der Waals surface area contributed by atoms with Crippen molar-refractivity contribution in [2.75, 3.05) is 19.7 Å². The highest BCUT2D eigenvalue weighted by molar-refractivity contribution is 4.80. The lowest BCUT2D eigenvalue weighted by Gasteiger charge is -2.08. The highest BCUT2D eigenvalue weighted by Crippen LogP contribution is 2.08. The standard InChI is InChI=1S/C9H16N4O/c1-13-7-11-12-9(13)6-14-5-8-2-3-10-4-8/h7-8,10H,2-6H2,1H3. The third-order valence-corrected chi connectivity index (χ3v) is 2.55. The van der Waals surface area contributed by atoms with Gasteiger partial charge in [-0.2, -0.15) is 0 Å². The van der Waals surface area contributed by atoms with Crippen molar-refractivity contribution in [2.24, 2.45) is 13.0 Å². The molecule has 2 heterocycles. The molecule has 1 saturated heterocycles. The van der Waals surface area contributed by atoms with Gasteiger partial charge in [-0.25, -0.2) is 0 Å². The smallest absolute Gasteiger partial charge is 0.158 e. The third-order valence-electron chi connectivity index (χ3n) is 2.55. The van der Waals surface area contributed by atoms with Crippen LogP contribution in [0.4, 0.5) is 0 Å². The number of hydrogen-bond acceptors (Lipinski definition) is 4. The summed E-state index contributed by atoms with van der Waals surface area (Å²) in [6.07, 6.45) is 2.91. The Kier molecular flexibility index (Phi) is 3.10. The van der Waals surface area contributed by atoms with Crippen LogP contribution in [0.2, 0.25) is 0 Å². The normalized spacial score (nSPS) is 21.6. The monoisotopic (exact) mass is 196 g/mol. The van der Waals surface area contributed by atoms with E-state index in [1.54, 1.807) is 6.33 Å². The van der Waals surface area contributed by atoms with Gasteiger partial charge >= 0.3 is 0 Å². The number of hydrogen-bond donors (Lipinski definition) is 1. The minimum Gasteiger partial charge on any atom is -0.373 e. The van der Waals surface area contributed by atoms with Crippen molar-refractivity contribution in [2.45, 2.75) is 13.0 Å². The van der Waals surface area contributed by atoms with E-state index in [1.165, 1.54) is 6.42 Å². The summed E-state index contributed by atoms with van der Waals surface area (Å²) in [5, 5.41) is 11.1. The summed E-state index contributed by atoms with van der Waals surface area (Å²) in [4.78, 5) is 0. The molecule has 0 saturated carbocycles. The predicted molar refractivity (Wildman–Crippen MR) is 51.6 cm³/mol. The Morgan fingerprint density at radius 2 is 2.64 bits per heavy atom. The molecule has 0 aliphatic carbocycles. The second-order valence-corrected chi connectivity index (χ2v) is 3.73. The van der Waals surface area contributed by atoms with E-state index < -0.39 is 0 Å². The molecule has 1 aromatic heterocycles. The van der Waals surface area contributed by atoms with E-state index in [2.05, 4.69) is 15.5 Å². The minimum atomic E-state index is 0.562. The van der Waals surface area contributed by atoms with Crippen LogP contribution < -0.4 is 5.32 Å². The molecule has 0 amide bonds. The topological polar surface area (TPSA) is 52.0 Å². The number of nitrogens with zero attached hydrogens (tertiary/aromatic N) is 3. The Bertz CT molecular complexity index is 280. The number of ether oxygens (including phenoxy) is 1. The predicted octanol–water partition coefficient (Wildman–Crippen LogP) is -0.0588. The molecule has 1 unspecified atom stereocenters. The van der Waals surface area contributed by atoms with Gasteiger partial charge in [-0.15, -0.1) is 10.2 Å². The maximum atomic E-state index is 5.58. The van der Waals surface area contributed by atoms with Gasteiger partial charge in [0.25, 0.3) is 0 Å². The van der Waals surface area contributed by atoms with E-state index in [0.29, 0.717) is 12.5 Å². The average molecular weight is 196 g/mol. The van der Waals surface area contributed by atoms with Crippen LogP contribution in [0.5, 0.6) is 0 Å². The lowest BCUT2D eigenvalue weighted by molar-refractivity contribution is 0.0862. The van der Waals surface area contributed by atoms with Gasteiger partial charge in [0, 0.05) is 13.6 Å². The first kappa shape index (κ1) is 9.61. The second kappa shape index (κ2) is 4.52. The van der Waals surface area contributed by atoms with Crippen LogP contribution in [0.1, 0.15) is 12.2 Å². The van der Waals surface area contributed by atoms with Crippen LogP contribution in [-0.4, -0.2) is 34.5 Å². The largest absolute Gasteiger partial charge is 0.373 e. The van der Waals surface area contributed by atoms with Gasteiger partial charge in [0.05, 0.1) is 6.61 Å². The molecule has 0 aromatic carbocycles. The summed E-state index contributed by atoms with van der Waals surface area (Å²) in [6, 6.07) is 0. The first-order valence-electron chi connectivity index (χ1n) is 4.97. The molecule has 1 fully saturated rings. The molecular weight excluding hydrogens is 180 g/mol. The first-order valence-corrected chi connectivity index (χ1v) is 4.97. The SMILES string of the molecule is Cn1cnnc1COCC1CCNC1. The van der Waals surface area contributed by atoms with Crippen molar-refractivity contribution in [1.29, 1.82) is 0 Å². The van der Waals surface area contributed by atoms with Crippen LogP contribution in [0.15, 0.2) is 6.33 Å². The molecular formula is C9H16N4O. The van der Waals surface area contributed by atoms with Crippen molar-refractivity contribution in [3.63, 3.8) is 0 Å². The fourth-order valence-electron chi connectivity index (χ4n) is 1.61. The summed E-state index contributed by atoms with van der Waals surface area (Å²) in [7, 11) is 1.93. The van der Waals surface area contributed by atoms with Gasteiger partial charge < -0.3 is 14.6 Å². The summed E-state index contributed by atoms with van der Waals surface area (Å²) < 4.78 is 7.46. The number of nitrogens with one attached hydrogen (secondary N) is 1. The summed E-state index contributed by atoms with van der Waals surface area (Å²) in [5.74, 6) is 1.55. The van der Waals surface area contributed by atoms with Crippen molar-refractivity contribution in [3.8, 4) is 0 Å². The van der Waals surface area contributed by atoms with Gasteiger partial charge in [0.2, 0.25) is 0 Å². The summed E-state index contributed by atoms with van der Waals surface area (Å²) >= 11 is 0. The van der Waals surface area contributed by atoms with Gasteiger partial charge in [-0.05, 0) is 18.9 Å². The Morgan fingerprint density at radius 1 is 1.71 bits per heavy atom. The Labute approximate surface area is 83.5 Å². The zero-order valence-electron chi connectivity index (χ0n) is 8.44. The molecule has 1 aliphatic rings. The van der Waals surface area contributed by atoms with E-state index in [-0.39, 0.29) is 0 Å². The molecule has 0 radical (unpaired) electrons. The molecule has 0 spiro atoms. The van der Waals surface area contributed by atoms with E-state index in [1.807, 2.05) is 11.6 Å². The van der Waals surface area contributed by atoms with E-state index in [0.717, 1.165) is 25.5 Å². The van der Waals surface area contributed by atoms with Crippen LogP contribution >= 0.6 is 0 Å². The summed E-state index contributed by atoms with van der Waals surface area (Å²) in [6.45, 7) is 3.59. The van der Waals surface area contributed by atoms with Gasteiger partial charge in [-0.3, -0.25) is 0 Å². The zero-order valence-corrected chi connectivity index (χ0v) is 8.44. The van der Waals surface area contributed by atoms with E-state index in [4.69, 9.17) is 4.74 Å². The third kappa shape index (κ3) is 2.30. The molecule has 5 heteroatoms.